The van der Waals surface area contributed by atoms with Crippen LogP contribution in [0.4, 0.5) is 17.6 Å². The van der Waals surface area contributed by atoms with Crippen molar-refractivity contribution in [2.45, 2.75) is 25.0 Å². The zero-order valence-corrected chi connectivity index (χ0v) is 11.7. The molecule has 0 saturated carbocycles. The Morgan fingerprint density at radius 2 is 2.15 bits per heavy atom. The summed E-state index contributed by atoms with van der Waals surface area (Å²) in [7, 11) is 0. The Labute approximate surface area is 123 Å². The van der Waals surface area contributed by atoms with E-state index in [2.05, 4.69) is 15.3 Å². The predicted octanol–water partition coefficient (Wildman–Crippen LogP) is 1.44. The second kappa shape index (κ2) is 5.27. The highest BCUT2D eigenvalue weighted by Crippen LogP contribution is 2.34. The first-order chi connectivity index (χ1) is 9.27. The maximum Gasteiger partial charge on any atom is 0.295 e. The molecule has 0 radical (unpaired) electrons. The van der Waals surface area contributed by atoms with E-state index in [1.54, 1.807) is 22.6 Å². The molecule has 0 fully saturated rings. The highest BCUT2D eigenvalue weighted by molar-refractivity contribution is 14.1. The number of hydrazone groups is 1. The van der Waals surface area contributed by atoms with Crippen LogP contribution in [0.25, 0.3) is 0 Å². The van der Waals surface area contributed by atoms with Gasteiger partial charge in [0.2, 0.25) is 5.72 Å². The van der Waals surface area contributed by atoms with Crippen molar-refractivity contribution in [3.05, 3.63) is 15.5 Å². The molecule has 2 heterocycles. The number of carbonyl (C=O) groups excluding carboxylic acids is 1. The van der Waals surface area contributed by atoms with E-state index < -0.39 is 36.6 Å². The topological polar surface area (TPSA) is 81.6 Å². The molecule has 1 aromatic heterocycles. The molecule has 1 aliphatic rings. The zero-order valence-electron chi connectivity index (χ0n) is 9.53. The normalized spacial score (nSPS) is 22.8. The maximum atomic E-state index is 12.9. The van der Waals surface area contributed by atoms with E-state index in [4.69, 9.17) is 0 Å². The quantitative estimate of drug-likeness (QED) is 0.589. The van der Waals surface area contributed by atoms with Gasteiger partial charge >= 0.3 is 0 Å². The van der Waals surface area contributed by atoms with E-state index in [9.17, 15) is 27.5 Å². The van der Waals surface area contributed by atoms with Gasteiger partial charge < -0.3 is 5.11 Å². The molecule has 0 unspecified atom stereocenters. The Morgan fingerprint density at radius 3 is 2.60 bits per heavy atom. The third kappa shape index (κ3) is 2.39. The molecule has 11 heteroatoms. The van der Waals surface area contributed by atoms with Gasteiger partial charge in [0, 0.05) is 6.42 Å². The maximum absolute atomic E-state index is 12.9. The van der Waals surface area contributed by atoms with Crippen molar-refractivity contribution in [1.29, 1.82) is 0 Å². The molecule has 0 saturated heterocycles. The molecular formula is C9H7F4IN4O2. The van der Waals surface area contributed by atoms with Crippen molar-refractivity contribution < 1.29 is 27.5 Å². The number of H-pyrrole nitrogens is 1. The highest BCUT2D eigenvalue weighted by atomic mass is 127. The number of nitrogens with one attached hydrogen (secondary N) is 1. The SMILES string of the molecule is O=C(c1[nH]ncc1I)N1N=C(C(F)F)C[C@@]1(O)C(F)F. The fourth-order valence-corrected chi connectivity index (χ4v) is 2.12. The third-order valence-corrected chi connectivity index (χ3v) is 3.46. The highest BCUT2D eigenvalue weighted by Gasteiger charge is 2.53. The van der Waals surface area contributed by atoms with Gasteiger partial charge in [0.1, 0.15) is 11.4 Å². The molecule has 6 nitrogen and oxygen atoms in total. The van der Waals surface area contributed by atoms with Gasteiger partial charge in [-0.1, -0.05) is 0 Å². The number of amides is 1. The van der Waals surface area contributed by atoms with Gasteiger partial charge in [-0.3, -0.25) is 9.89 Å². The molecule has 110 valence electrons. The molecule has 20 heavy (non-hydrogen) atoms. The van der Waals surface area contributed by atoms with Crippen molar-refractivity contribution in [2.24, 2.45) is 5.10 Å². The van der Waals surface area contributed by atoms with Crippen LogP contribution in [-0.4, -0.2) is 50.5 Å². The number of hydrogen-bond donors (Lipinski definition) is 2. The van der Waals surface area contributed by atoms with Crippen LogP contribution in [0.3, 0.4) is 0 Å². The van der Waals surface area contributed by atoms with Crippen LogP contribution in [0.1, 0.15) is 16.9 Å². The number of hydrogen-bond acceptors (Lipinski definition) is 4. The Balaban J connectivity index is 2.40. The first-order valence-corrected chi connectivity index (χ1v) is 6.24. The summed E-state index contributed by atoms with van der Waals surface area (Å²) >= 11 is 1.70. The minimum Gasteiger partial charge on any atom is -0.364 e. The van der Waals surface area contributed by atoms with Crippen LogP contribution in [0.15, 0.2) is 11.3 Å². The number of aliphatic hydroxyl groups is 1. The standard InChI is InChI=1S/C9H7F4IN4O2/c10-6(11)4-1-9(20,8(12)13)18(17-4)7(19)5-3(14)2-15-16-5/h2,6,8,20H,1H2,(H,15,16)/t9-/m1/s1. The Morgan fingerprint density at radius 1 is 1.50 bits per heavy atom. The van der Waals surface area contributed by atoms with Crippen LogP contribution in [0, 0.1) is 3.57 Å². The third-order valence-electron chi connectivity index (χ3n) is 2.64. The monoisotopic (exact) mass is 406 g/mol. The first kappa shape index (κ1) is 15.2. The van der Waals surface area contributed by atoms with Gasteiger partial charge in [-0.05, 0) is 22.6 Å². The summed E-state index contributed by atoms with van der Waals surface area (Å²) in [5.41, 5.74) is -4.28. The molecule has 0 aliphatic carbocycles. The van der Waals surface area contributed by atoms with Crippen molar-refractivity contribution in [2.75, 3.05) is 0 Å². The Bertz CT molecular complexity index is 564. The second-order valence-electron chi connectivity index (χ2n) is 3.96. The van der Waals surface area contributed by atoms with Crippen molar-refractivity contribution in [3.63, 3.8) is 0 Å². The van der Waals surface area contributed by atoms with Gasteiger partial charge in [-0.2, -0.15) is 15.2 Å². The zero-order chi connectivity index (χ0) is 15.1. The van der Waals surface area contributed by atoms with Gasteiger partial charge in [0.05, 0.1) is 9.77 Å². The second-order valence-corrected chi connectivity index (χ2v) is 5.12. The predicted molar refractivity (Wildman–Crippen MR) is 66.5 cm³/mol. The number of aromatic nitrogens is 2. The van der Waals surface area contributed by atoms with E-state index in [0.29, 0.717) is 0 Å². The van der Waals surface area contributed by atoms with Crippen molar-refractivity contribution in [1.82, 2.24) is 15.2 Å². The Kier molecular flexibility index (Phi) is 4.00. The summed E-state index contributed by atoms with van der Waals surface area (Å²) in [6, 6.07) is 0. The number of halogens is 5. The molecule has 2 rings (SSSR count). The van der Waals surface area contributed by atoms with Crippen molar-refractivity contribution >= 4 is 34.2 Å². The van der Waals surface area contributed by atoms with E-state index in [0.717, 1.165) is 0 Å². The summed E-state index contributed by atoms with van der Waals surface area (Å²) in [5.74, 6) is -1.16. The summed E-state index contributed by atoms with van der Waals surface area (Å²) in [6.45, 7) is 0. The lowest BCUT2D eigenvalue weighted by Crippen LogP contribution is -2.51. The van der Waals surface area contributed by atoms with Gasteiger partial charge in [0.15, 0.2) is 0 Å². The van der Waals surface area contributed by atoms with Crippen LogP contribution in [0.5, 0.6) is 0 Å². The lowest BCUT2D eigenvalue weighted by atomic mass is 10.1. The van der Waals surface area contributed by atoms with Gasteiger partial charge in [-0.15, -0.1) is 0 Å². The van der Waals surface area contributed by atoms with Crippen LogP contribution in [-0.2, 0) is 0 Å². The average Bonchev–Trinajstić information content (AvgIpc) is 2.93. The average molecular weight is 406 g/mol. The number of carbonyl (C=O) groups is 1. The van der Waals surface area contributed by atoms with Gasteiger partial charge in [-0.25, -0.2) is 17.6 Å². The number of rotatable bonds is 3. The smallest absolute Gasteiger partial charge is 0.295 e. The fourth-order valence-electron chi connectivity index (χ4n) is 1.63. The number of aromatic amines is 1. The molecule has 0 spiro atoms. The van der Waals surface area contributed by atoms with Gasteiger partial charge in [0.25, 0.3) is 18.8 Å². The molecule has 1 aliphatic heterocycles. The van der Waals surface area contributed by atoms with E-state index in [1.807, 2.05) is 0 Å². The minimum absolute atomic E-state index is 0.0190. The number of alkyl halides is 4. The minimum atomic E-state index is -3.45. The number of nitrogens with zero attached hydrogens (tertiary/aromatic N) is 3. The summed E-state index contributed by atoms with van der Waals surface area (Å²) in [5, 5.41) is 18.6. The summed E-state index contributed by atoms with van der Waals surface area (Å²) < 4.78 is 51.2. The van der Waals surface area contributed by atoms with E-state index in [-0.39, 0.29) is 14.3 Å². The fraction of sp³-hybridized carbons (Fsp3) is 0.444. The van der Waals surface area contributed by atoms with E-state index >= 15 is 0 Å². The Hall–Kier alpha value is -1.24. The van der Waals surface area contributed by atoms with E-state index in [1.165, 1.54) is 6.20 Å². The summed E-state index contributed by atoms with van der Waals surface area (Å²) in [6.07, 6.45) is -6.46. The molecule has 1 amide bonds. The van der Waals surface area contributed by atoms with Crippen LogP contribution in [0.2, 0.25) is 0 Å². The lowest BCUT2D eigenvalue weighted by Gasteiger charge is -2.29. The molecule has 2 N–H and O–H groups in total. The molecule has 1 atom stereocenters. The lowest BCUT2D eigenvalue weighted by molar-refractivity contribution is -0.164. The molecule has 1 aromatic rings. The summed E-state index contributed by atoms with van der Waals surface area (Å²) in [4.78, 5) is 12.0. The van der Waals surface area contributed by atoms with Crippen molar-refractivity contribution in [3.8, 4) is 0 Å². The van der Waals surface area contributed by atoms with Crippen LogP contribution < -0.4 is 0 Å². The molecule has 0 aromatic carbocycles. The van der Waals surface area contributed by atoms with Crippen LogP contribution >= 0.6 is 22.6 Å². The molecular weight excluding hydrogens is 399 g/mol. The largest absolute Gasteiger partial charge is 0.364 e. The molecule has 0 bridgehead atoms. The first-order valence-electron chi connectivity index (χ1n) is 5.17.